The molecule has 2 unspecified atom stereocenters. The molecule has 18 heavy (non-hydrogen) atoms. The van der Waals surface area contributed by atoms with Crippen LogP contribution in [0.25, 0.3) is 0 Å². The molecular formula is C11H17ClN2O3S. The van der Waals surface area contributed by atoms with E-state index in [9.17, 15) is 13.5 Å². The van der Waals surface area contributed by atoms with E-state index < -0.39 is 22.2 Å². The number of halogens is 1. The average molecular weight is 293 g/mol. The van der Waals surface area contributed by atoms with Crippen molar-refractivity contribution in [1.82, 2.24) is 4.72 Å². The third kappa shape index (κ3) is 3.93. The molecule has 0 heterocycles. The molecule has 7 heteroatoms. The number of nitrogens with one attached hydrogen (secondary N) is 1. The molecule has 2 atom stereocenters. The summed E-state index contributed by atoms with van der Waals surface area (Å²) in [5, 5.41) is 9.68. The molecule has 5 nitrogen and oxygen atoms in total. The standard InChI is InChI=1S/C11H17ClN2O3S/c1-7-5-9(12)3-4-11(7)18(16,17)14-6-10(13)8(2)15/h3-5,8,10,14-15H,6,13H2,1-2H3. The van der Waals surface area contributed by atoms with Gasteiger partial charge in [0.2, 0.25) is 10.0 Å². The Balaban J connectivity index is 2.87. The summed E-state index contributed by atoms with van der Waals surface area (Å²) in [7, 11) is -3.64. The van der Waals surface area contributed by atoms with Crippen LogP contribution in [-0.2, 0) is 10.0 Å². The predicted octanol–water partition coefficient (Wildman–Crippen LogP) is 0.635. The maximum atomic E-state index is 12.0. The highest BCUT2D eigenvalue weighted by Crippen LogP contribution is 2.19. The summed E-state index contributed by atoms with van der Waals surface area (Å²) in [5.41, 5.74) is 6.12. The minimum atomic E-state index is -3.64. The van der Waals surface area contributed by atoms with E-state index in [0.717, 1.165) is 0 Å². The molecule has 0 amide bonds. The molecule has 4 N–H and O–H groups in total. The molecule has 0 aliphatic carbocycles. The van der Waals surface area contributed by atoms with Gasteiger partial charge in [0, 0.05) is 17.6 Å². The number of rotatable bonds is 5. The summed E-state index contributed by atoms with van der Waals surface area (Å²) in [6.07, 6.45) is -0.779. The fraction of sp³-hybridized carbons (Fsp3) is 0.455. The van der Waals surface area contributed by atoms with Crippen molar-refractivity contribution in [3.63, 3.8) is 0 Å². The van der Waals surface area contributed by atoms with Crippen LogP contribution in [0.4, 0.5) is 0 Å². The number of hydrogen-bond acceptors (Lipinski definition) is 4. The van der Waals surface area contributed by atoms with E-state index in [1.807, 2.05) is 0 Å². The molecule has 0 bridgehead atoms. The smallest absolute Gasteiger partial charge is 0.240 e. The molecule has 1 aromatic carbocycles. The van der Waals surface area contributed by atoms with E-state index in [4.69, 9.17) is 17.3 Å². The van der Waals surface area contributed by atoms with Gasteiger partial charge in [-0.05, 0) is 37.6 Å². The van der Waals surface area contributed by atoms with Crippen LogP contribution >= 0.6 is 11.6 Å². The van der Waals surface area contributed by atoms with Crippen LogP contribution in [0.5, 0.6) is 0 Å². The first-order valence-corrected chi connectivity index (χ1v) is 7.29. The molecule has 0 spiro atoms. The second kappa shape index (κ2) is 5.99. The average Bonchev–Trinajstić information content (AvgIpc) is 2.25. The Bertz CT molecular complexity index is 517. The summed E-state index contributed by atoms with van der Waals surface area (Å²) in [6.45, 7) is 3.14. The van der Waals surface area contributed by atoms with E-state index in [1.54, 1.807) is 13.0 Å². The molecule has 1 aromatic rings. The van der Waals surface area contributed by atoms with Crippen molar-refractivity contribution in [2.24, 2.45) is 5.73 Å². The molecule has 0 saturated heterocycles. The third-order valence-corrected chi connectivity index (χ3v) is 4.37. The largest absolute Gasteiger partial charge is 0.392 e. The Labute approximate surface area is 112 Å². The molecule has 0 aliphatic heterocycles. The fourth-order valence-electron chi connectivity index (χ4n) is 1.37. The van der Waals surface area contributed by atoms with Crippen molar-refractivity contribution in [3.8, 4) is 0 Å². The second-order valence-corrected chi connectivity index (χ2v) is 6.34. The highest BCUT2D eigenvalue weighted by atomic mass is 35.5. The Morgan fingerprint density at radius 3 is 2.61 bits per heavy atom. The quantitative estimate of drug-likeness (QED) is 0.742. The fourth-order valence-corrected chi connectivity index (χ4v) is 2.89. The van der Waals surface area contributed by atoms with E-state index in [1.165, 1.54) is 19.1 Å². The lowest BCUT2D eigenvalue weighted by molar-refractivity contribution is 0.164. The molecule has 0 aliphatic rings. The van der Waals surface area contributed by atoms with Crippen molar-refractivity contribution in [2.45, 2.75) is 30.9 Å². The van der Waals surface area contributed by atoms with E-state index in [-0.39, 0.29) is 11.4 Å². The summed E-state index contributed by atoms with van der Waals surface area (Å²) in [6, 6.07) is 3.88. The second-order valence-electron chi connectivity index (χ2n) is 4.17. The Morgan fingerprint density at radius 2 is 2.11 bits per heavy atom. The Kier molecular flexibility index (Phi) is 5.12. The first kappa shape index (κ1) is 15.4. The summed E-state index contributed by atoms with van der Waals surface area (Å²) in [5.74, 6) is 0. The van der Waals surface area contributed by atoms with Crippen LogP contribution in [0.3, 0.4) is 0 Å². The topological polar surface area (TPSA) is 92.4 Å². The van der Waals surface area contributed by atoms with Crippen LogP contribution in [0.1, 0.15) is 12.5 Å². The van der Waals surface area contributed by atoms with Crippen molar-refractivity contribution < 1.29 is 13.5 Å². The Hall–Kier alpha value is -0.660. The normalized spacial score (nSPS) is 15.4. The summed E-state index contributed by atoms with van der Waals surface area (Å²) in [4.78, 5) is 0.157. The first-order chi connectivity index (χ1) is 8.24. The number of sulfonamides is 1. The van der Waals surface area contributed by atoms with E-state index in [0.29, 0.717) is 10.6 Å². The van der Waals surface area contributed by atoms with Gasteiger partial charge in [0.25, 0.3) is 0 Å². The van der Waals surface area contributed by atoms with Gasteiger partial charge in [-0.25, -0.2) is 13.1 Å². The molecule has 0 fully saturated rings. The van der Waals surface area contributed by atoms with Crippen LogP contribution in [0.2, 0.25) is 5.02 Å². The molecular weight excluding hydrogens is 276 g/mol. The van der Waals surface area contributed by atoms with Crippen LogP contribution in [0, 0.1) is 6.92 Å². The van der Waals surface area contributed by atoms with Gasteiger partial charge in [0.15, 0.2) is 0 Å². The van der Waals surface area contributed by atoms with Crippen molar-refractivity contribution in [3.05, 3.63) is 28.8 Å². The number of hydrogen-bond donors (Lipinski definition) is 3. The summed E-state index contributed by atoms with van der Waals surface area (Å²) < 4.78 is 26.4. The highest BCUT2D eigenvalue weighted by Gasteiger charge is 2.19. The number of aryl methyl sites for hydroxylation is 1. The van der Waals surface area contributed by atoms with Gasteiger partial charge in [0.1, 0.15) is 0 Å². The number of nitrogens with two attached hydrogens (primary N) is 1. The van der Waals surface area contributed by atoms with Crippen LogP contribution in [-0.4, -0.2) is 32.2 Å². The van der Waals surface area contributed by atoms with Crippen molar-refractivity contribution >= 4 is 21.6 Å². The predicted molar refractivity (Wildman–Crippen MR) is 71.0 cm³/mol. The lowest BCUT2D eigenvalue weighted by Crippen LogP contribution is -2.43. The zero-order chi connectivity index (χ0) is 13.9. The number of benzene rings is 1. The van der Waals surface area contributed by atoms with Crippen molar-refractivity contribution in [2.75, 3.05) is 6.54 Å². The lowest BCUT2D eigenvalue weighted by atomic mass is 10.2. The maximum absolute atomic E-state index is 12.0. The summed E-state index contributed by atoms with van der Waals surface area (Å²) >= 11 is 5.77. The van der Waals surface area contributed by atoms with Crippen LogP contribution < -0.4 is 10.5 Å². The van der Waals surface area contributed by atoms with E-state index >= 15 is 0 Å². The Morgan fingerprint density at radius 1 is 1.50 bits per heavy atom. The van der Waals surface area contributed by atoms with Gasteiger partial charge < -0.3 is 10.8 Å². The van der Waals surface area contributed by atoms with Gasteiger partial charge in [-0.2, -0.15) is 0 Å². The van der Waals surface area contributed by atoms with Gasteiger partial charge in [0.05, 0.1) is 11.0 Å². The SMILES string of the molecule is Cc1cc(Cl)ccc1S(=O)(=O)NCC(N)C(C)O. The zero-order valence-electron chi connectivity index (χ0n) is 10.2. The van der Waals surface area contributed by atoms with Crippen LogP contribution in [0.15, 0.2) is 23.1 Å². The molecule has 1 rings (SSSR count). The van der Waals surface area contributed by atoms with Gasteiger partial charge in [-0.3, -0.25) is 0 Å². The number of aliphatic hydroxyl groups excluding tert-OH is 1. The first-order valence-electron chi connectivity index (χ1n) is 5.43. The van der Waals surface area contributed by atoms with E-state index in [2.05, 4.69) is 4.72 Å². The van der Waals surface area contributed by atoms with Gasteiger partial charge in [-0.15, -0.1) is 0 Å². The molecule has 0 radical (unpaired) electrons. The number of aliphatic hydroxyl groups is 1. The highest BCUT2D eigenvalue weighted by molar-refractivity contribution is 7.89. The third-order valence-electron chi connectivity index (χ3n) is 2.56. The minimum Gasteiger partial charge on any atom is -0.392 e. The monoisotopic (exact) mass is 292 g/mol. The van der Waals surface area contributed by atoms with Crippen molar-refractivity contribution in [1.29, 1.82) is 0 Å². The minimum absolute atomic E-state index is 0.0257. The molecule has 0 saturated carbocycles. The zero-order valence-corrected chi connectivity index (χ0v) is 11.8. The molecule has 102 valence electrons. The van der Waals surface area contributed by atoms with Gasteiger partial charge >= 0.3 is 0 Å². The lowest BCUT2D eigenvalue weighted by Gasteiger charge is -2.16. The maximum Gasteiger partial charge on any atom is 0.240 e. The molecule has 0 aromatic heterocycles. The van der Waals surface area contributed by atoms with Gasteiger partial charge in [-0.1, -0.05) is 11.6 Å².